The normalized spacial score (nSPS) is 17.8. The summed E-state index contributed by atoms with van der Waals surface area (Å²) in [5, 5.41) is 24.3. The van der Waals surface area contributed by atoms with Gasteiger partial charge in [0.25, 0.3) is 0 Å². The Kier molecular flexibility index (Phi) is 6.32. The summed E-state index contributed by atoms with van der Waals surface area (Å²) in [5.74, 6) is -1.13. The van der Waals surface area contributed by atoms with Gasteiger partial charge in [-0.15, -0.1) is 0 Å². The van der Waals surface area contributed by atoms with Crippen LogP contribution in [0.4, 0.5) is 16.1 Å². The van der Waals surface area contributed by atoms with Crippen molar-refractivity contribution in [3.05, 3.63) is 52.6 Å². The Bertz CT molecular complexity index is 1430. The van der Waals surface area contributed by atoms with Gasteiger partial charge in [0.2, 0.25) is 0 Å². The second-order valence-corrected chi connectivity index (χ2v) is 8.81. The van der Waals surface area contributed by atoms with Crippen molar-refractivity contribution in [2.75, 3.05) is 11.9 Å². The van der Waals surface area contributed by atoms with Gasteiger partial charge in [-0.3, -0.25) is 14.9 Å². The number of carboxylic acids is 1. The Labute approximate surface area is 203 Å². The van der Waals surface area contributed by atoms with E-state index in [9.17, 15) is 24.4 Å². The van der Waals surface area contributed by atoms with Gasteiger partial charge in [0.1, 0.15) is 27.9 Å². The van der Waals surface area contributed by atoms with Gasteiger partial charge in [-0.05, 0) is 37.3 Å². The van der Waals surface area contributed by atoms with Crippen LogP contribution in [0, 0.1) is 27.8 Å². The standard InChI is InChI=1S/C24H23FN6O5/c25-14-9-16-17(12-28-22(16)27-11-14)23-29-18(19-5-6-21(36-19)31(34)35)10-20(30-23)26-8-7-13-3-1-2-4-15(13)24(32)33/h5-6,9-13,15H,1-4,7-8H2,(H,27,28)(H,32,33)(H,26,29,30). The summed E-state index contributed by atoms with van der Waals surface area (Å²) in [6.45, 7) is 0.479. The van der Waals surface area contributed by atoms with Crippen LogP contribution in [-0.4, -0.2) is 42.5 Å². The number of carbonyl (C=O) groups is 1. The molecule has 4 aromatic heterocycles. The summed E-state index contributed by atoms with van der Waals surface area (Å²) >= 11 is 0. The van der Waals surface area contributed by atoms with Crippen LogP contribution >= 0.6 is 0 Å². The molecule has 1 saturated carbocycles. The molecule has 1 aliphatic carbocycles. The fourth-order valence-corrected chi connectivity index (χ4v) is 4.77. The summed E-state index contributed by atoms with van der Waals surface area (Å²) < 4.78 is 19.2. The number of halogens is 1. The average molecular weight is 494 g/mol. The zero-order chi connectivity index (χ0) is 25.2. The van der Waals surface area contributed by atoms with Crippen molar-refractivity contribution in [1.82, 2.24) is 19.9 Å². The molecule has 5 rings (SSSR count). The lowest BCUT2D eigenvalue weighted by molar-refractivity contribution is -0.401. The maximum atomic E-state index is 13.9. The molecule has 1 fully saturated rings. The predicted molar refractivity (Wildman–Crippen MR) is 128 cm³/mol. The number of hydrogen-bond acceptors (Lipinski definition) is 8. The summed E-state index contributed by atoms with van der Waals surface area (Å²) in [6.07, 6.45) is 6.86. The van der Waals surface area contributed by atoms with Crippen LogP contribution < -0.4 is 5.32 Å². The molecule has 36 heavy (non-hydrogen) atoms. The number of fused-ring (bicyclic) bond motifs is 1. The molecule has 12 heteroatoms. The van der Waals surface area contributed by atoms with Crippen LogP contribution in [0.25, 0.3) is 33.9 Å². The fraction of sp³-hybridized carbons (Fsp3) is 0.333. The highest BCUT2D eigenvalue weighted by molar-refractivity contribution is 5.92. The Morgan fingerprint density at radius 2 is 2.11 bits per heavy atom. The van der Waals surface area contributed by atoms with Crippen LogP contribution in [-0.2, 0) is 4.79 Å². The maximum Gasteiger partial charge on any atom is 0.433 e. The van der Waals surface area contributed by atoms with Crippen LogP contribution in [0.5, 0.6) is 0 Å². The third-order valence-electron chi connectivity index (χ3n) is 6.54. The van der Waals surface area contributed by atoms with Crippen LogP contribution in [0.3, 0.4) is 0 Å². The summed E-state index contributed by atoms with van der Waals surface area (Å²) in [7, 11) is 0. The first-order valence-corrected chi connectivity index (χ1v) is 11.6. The van der Waals surface area contributed by atoms with Gasteiger partial charge in [0.05, 0.1) is 18.2 Å². The van der Waals surface area contributed by atoms with Crippen LogP contribution in [0.15, 0.2) is 41.1 Å². The molecule has 3 N–H and O–H groups in total. The van der Waals surface area contributed by atoms with E-state index in [0.717, 1.165) is 25.5 Å². The zero-order valence-electron chi connectivity index (χ0n) is 19.1. The zero-order valence-corrected chi connectivity index (χ0v) is 19.1. The lowest BCUT2D eigenvalue weighted by Crippen LogP contribution is -2.28. The number of nitrogens with one attached hydrogen (secondary N) is 2. The van der Waals surface area contributed by atoms with Gasteiger partial charge in [-0.2, -0.15) is 0 Å². The molecule has 0 saturated heterocycles. The highest BCUT2D eigenvalue weighted by Gasteiger charge is 2.30. The molecule has 0 amide bonds. The number of hydrogen-bond donors (Lipinski definition) is 3. The number of nitrogens with zero attached hydrogens (tertiary/aromatic N) is 4. The number of aromatic amines is 1. The topological polar surface area (TPSA) is 160 Å². The van der Waals surface area contributed by atoms with Crippen LogP contribution in [0.1, 0.15) is 32.1 Å². The number of carboxylic acid groups (broad SMARTS) is 1. The van der Waals surface area contributed by atoms with E-state index >= 15 is 0 Å². The van der Waals surface area contributed by atoms with Gasteiger partial charge < -0.3 is 19.8 Å². The molecule has 0 aliphatic heterocycles. The quantitative estimate of drug-likeness (QED) is 0.226. The highest BCUT2D eigenvalue weighted by atomic mass is 19.1. The fourth-order valence-electron chi connectivity index (χ4n) is 4.77. The number of anilines is 1. The van der Waals surface area contributed by atoms with Gasteiger partial charge in [0.15, 0.2) is 11.6 Å². The van der Waals surface area contributed by atoms with E-state index in [0.29, 0.717) is 47.5 Å². The molecule has 0 spiro atoms. The van der Waals surface area contributed by atoms with Crippen molar-refractivity contribution >= 4 is 28.7 Å². The monoisotopic (exact) mass is 494 g/mol. The molecule has 0 radical (unpaired) electrons. The van der Waals surface area contributed by atoms with Crippen molar-refractivity contribution in [1.29, 1.82) is 0 Å². The van der Waals surface area contributed by atoms with Gasteiger partial charge >= 0.3 is 11.9 Å². The van der Waals surface area contributed by atoms with Gasteiger partial charge in [-0.1, -0.05) is 12.8 Å². The summed E-state index contributed by atoms with van der Waals surface area (Å²) in [5.41, 5.74) is 1.26. The lowest BCUT2D eigenvalue weighted by Gasteiger charge is -2.28. The largest absolute Gasteiger partial charge is 0.481 e. The van der Waals surface area contributed by atoms with E-state index in [1.807, 2.05) is 0 Å². The van der Waals surface area contributed by atoms with Crippen molar-refractivity contribution in [2.45, 2.75) is 32.1 Å². The highest BCUT2D eigenvalue weighted by Crippen LogP contribution is 2.34. The average Bonchev–Trinajstić information content (AvgIpc) is 3.52. The van der Waals surface area contributed by atoms with Crippen LogP contribution in [0.2, 0.25) is 0 Å². The Morgan fingerprint density at radius 3 is 2.89 bits per heavy atom. The van der Waals surface area contributed by atoms with E-state index in [4.69, 9.17) is 4.42 Å². The van der Waals surface area contributed by atoms with E-state index < -0.39 is 22.6 Å². The Morgan fingerprint density at radius 1 is 1.28 bits per heavy atom. The van der Waals surface area contributed by atoms with Gasteiger partial charge in [0, 0.05) is 29.8 Å². The molecule has 2 atom stereocenters. The first kappa shape index (κ1) is 23.4. The van der Waals surface area contributed by atoms with E-state index in [1.54, 1.807) is 12.3 Å². The minimum Gasteiger partial charge on any atom is -0.481 e. The molecule has 186 valence electrons. The number of nitro groups is 1. The molecule has 1 aliphatic rings. The molecule has 0 aromatic carbocycles. The van der Waals surface area contributed by atoms with Crippen molar-refractivity contribution in [2.24, 2.45) is 11.8 Å². The molecule has 11 nitrogen and oxygen atoms in total. The van der Waals surface area contributed by atoms with Crippen molar-refractivity contribution in [3.63, 3.8) is 0 Å². The Balaban J connectivity index is 1.46. The number of aromatic nitrogens is 4. The smallest absolute Gasteiger partial charge is 0.433 e. The third-order valence-corrected chi connectivity index (χ3v) is 6.54. The summed E-state index contributed by atoms with van der Waals surface area (Å²) in [4.78, 5) is 38.2. The molecule has 4 heterocycles. The van der Waals surface area contributed by atoms with Crippen molar-refractivity contribution < 1.29 is 23.6 Å². The molecular weight excluding hydrogens is 471 g/mol. The SMILES string of the molecule is O=C(O)C1CCCCC1CCNc1cc(-c2ccc([N+](=O)[O-])o2)nc(-c2c[nH]c3ncc(F)cc23)n1. The first-order valence-electron chi connectivity index (χ1n) is 11.6. The number of H-pyrrole nitrogens is 1. The van der Waals surface area contributed by atoms with E-state index in [1.165, 1.54) is 18.2 Å². The number of rotatable bonds is 8. The second-order valence-electron chi connectivity index (χ2n) is 8.81. The summed E-state index contributed by atoms with van der Waals surface area (Å²) in [6, 6.07) is 5.62. The van der Waals surface area contributed by atoms with E-state index in [2.05, 4.69) is 25.3 Å². The number of furan rings is 1. The second kappa shape index (κ2) is 9.72. The van der Waals surface area contributed by atoms with Crippen molar-refractivity contribution in [3.8, 4) is 22.8 Å². The predicted octanol–water partition coefficient (Wildman–Crippen LogP) is 5.02. The van der Waals surface area contributed by atoms with E-state index in [-0.39, 0.29) is 23.4 Å². The third kappa shape index (κ3) is 4.74. The maximum absolute atomic E-state index is 13.9. The molecule has 4 aromatic rings. The minimum atomic E-state index is -0.758. The lowest BCUT2D eigenvalue weighted by atomic mass is 9.77. The number of pyridine rings is 1. The first-order chi connectivity index (χ1) is 17.4. The number of aliphatic carboxylic acids is 1. The Hall–Kier alpha value is -4.35. The molecule has 2 unspecified atom stereocenters. The minimum absolute atomic E-state index is 0.0694. The molecular formula is C24H23FN6O5. The molecule has 0 bridgehead atoms. The van der Waals surface area contributed by atoms with Gasteiger partial charge in [-0.25, -0.2) is 19.3 Å².